The average Bonchev–Trinajstić information content (AvgIpc) is 2.48. The number of aliphatic hydroxyl groups excluding tert-OH is 3. The Kier molecular flexibility index (Phi) is 5.16. The molecule has 9 heteroatoms. The van der Waals surface area contributed by atoms with Gasteiger partial charge in [0.15, 0.2) is 6.10 Å². The number of carboxylic acids is 1. The molecule has 2 unspecified atom stereocenters. The number of carbonyl (C=O) groups is 2. The topological polar surface area (TPSA) is 146 Å². The van der Waals surface area contributed by atoms with Crippen LogP contribution in [0.3, 0.4) is 0 Å². The van der Waals surface area contributed by atoms with Gasteiger partial charge in [-0.05, 0) is 24.3 Å². The number of aliphatic carboxylic acids is 1. The van der Waals surface area contributed by atoms with Crippen LogP contribution in [-0.4, -0.2) is 63.0 Å². The van der Waals surface area contributed by atoms with E-state index in [0.29, 0.717) is 5.69 Å². The first-order chi connectivity index (χ1) is 10.8. The number of benzene rings is 1. The number of ether oxygens (including phenoxy) is 2. The van der Waals surface area contributed by atoms with Crippen molar-refractivity contribution in [1.29, 1.82) is 0 Å². The van der Waals surface area contributed by atoms with Crippen molar-refractivity contribution in [3.8, 4) is 5.75 Å². The van der Waals surface area contributed by atoms with E-state index >= 15 is 0 Å². The van der Waals surface area contributed by atoms with Gasteiger partial charge in [-0.2, -0.15) is 0 Å². The highest BCUT2D eigenvalue weighted by molar-refractivity contribution is 5.88. The van der Waals surface area contributed by atoms with Crippen molar-refractivity contribution in [2.75, 3.05) is 5.32 Å². The lowest BCUT2D eigenvalue weighted by Gasteiger charge is -2.38. The molecule has 1 aromatic carbocycles. The number of carboxylic acid groups (broad SMARTS) is 1. The van der Waals surface area contributed by atoms with Gasteiger partial charge in [-0.3, -0.25) is 4.79 Å². The number of hydrogen-bond donors (Lipinski definition) is 5. The van der Waals surface area contributed by atoms with Crippen molar-refractivity contribution in [3.05, 3.63) is 24.3 Å². The highest BCUT2D eigenvalue weighted by Gasteiger charge is 2.48. The van der Waals surface area contributed by atoms with Crippen LogP contribution in [0.25, 0.3) is 0 Å². The summed E-state index contributed by atoms with van der Waals surface area (Å²) in [6, 6.07) is 6.00. The maximum absolute atomic E-state index is 11.0. The normalized spacial score (nSPS) is 30.5. The third kappa shape index (κ3) is 3.96. The fraction of sp³-hybridized carbons (Fsp3) is 0.429. The molecule has 0 aliphatic carbocycles. The molecule has 1 saturated heterocycles. The number of amides is 1. The maximum Gasteiger partial charge on any atom is 0.335 e. The number of carbonyl (C=O) groups excluding carboxylic acids is 1. The summed E-state index contributed by atoms with van der Waals surface area (Å²) in [7, 11) is 0. The minimum atomic E-state index is -1.77. The molecule has 1 fully saturated rings. The van der Waals surface area contributed by atoms with Crippen molar-refractivity contribution in [2.45, 2.75) is 37.6 Å². The van der Waals surface area contributed by atoms with E-state index in [0.717, 1.165) is 0 Å². The third-order valence-electron chi connectivity index (χ3n) is 3.24. The first-order valence-corrected chi connectivity index (χ1v) is 6.76. The van der Waals surface area contributed by atoms with Crippen LogP contribution in [0.15, 0.2) is 24.3 Å². The Hall–Kier alpha value is -2.20. The molecule has 0 aromatic heterocycles. The van der Waals surface area contributed by atoms with Crippen LogP contribution in [0.2, 0.25) is 0 Å². The minimum Gasteiger partial charge on any atom is -0.479 e. The van der Waals surface area contributed by atoms with Gasteiger partial charge in [-0.1, -0.05) is 0 Å². The second-order valence-corrected chi connectivity index (χ2v) is 5.06. The summed E-state index contributed by atoms with van der Waals surface area (Å²) < 4.78 is 10.3. The van der Waals surface area contributed by atoms with Crippen molar-refractivity contribution < 1.29 is 39.5 Å². The second-order valence-electron chi connectivity index (χ2n) is 5.06. The number of anilines is 1. The highest BCUT2D eigenvalue weighted by atomic mass is 16.7. The van der Waals surface area contributed by atoms with E-state index in [-0.39, 0.29) is 11.7 Å². The zero-order valence-corrected chi connectivity index (χ0v) is 12.1. The number of nitrogens with one attached hydrogen (secondary N) is 1. The van der Waals surface area contributed by atoms with Crippen LogP contribution in [0.4, 0.5) is 5.69 Å². The predicted molar refractivity (Wildman–Crippen MR) is 75.7 cm³/mol. The van der Waals surface area contributed by atoms with E-state index < -0.39 is 36.7 Å². The van der Waals surface area contributed by atoms with Crippen LogP contribution in [0.1, 0.15) is 6.92 Å². The standard InChI is InChI=1S/C14H17NO8/c1-6(16)15-7-2-4-8(5-3-7)22-14-11(19)9(17)10(18)12(23-14)13(20)21/h2-5,9-12,14,17-19H,1H3,(H,15,16)(H,20,21)/t9-,10-,11?,12?,14+/m0/s1. The monoisotopic (exact) mass is 327 g/mol. The lowest BCUT2D eigenvalue weighted by molar-refractivity contribution is -0.271. The van der Waals surface area contributed by atoms with E-state index in [1.807, 2.05) is 0 Å². The summed E-state index contributed by atoms with van der Waals surface area (Å²) in [5.74, 6) is -1.51. The fourth-order valence-corrected chi connectivity index (χ4v) is 2.10. The molecule has 1 aliphatic rings. The first-order valence-electron chi connectivity index (χ1n) is 6.76. The molecule has 0 bridgehead atoms. The molecule has 126 valence electrons. The summed E-state index contributed by atoms with van der Waals surface area (Å²) in [5, 5.41) is 40.6. The molecule has 2 rings (SSSR count). The van der Waals surface area contributed by atoms with Gasteiger partial charge in [0, 0.05) is 12.6 Å². The first kappa shape index (κ1) is 17.2. The predicted octanol–water partition coefficient (Wildman–Crippen LogP) is -1.08. The van der Waals surface area contributed by atoms with Gasteiger partial charge in [-0.25, -0.2) is 4.79 Å². The Morgan fingerprint density at radius 2 is 1.70 bits per heavy atom. The van der Waals surface area contributed by atoms with Crippen LogP contribution in [-0.2, 0) is 14.3 Å². The molecule has 23 heavy (non-hydrogen) atoms. The zero-order chi connectivity index (χ0) is 17.1. The smallest absolute Gasteiger partial charge is 0.335 e. The van der Waals surface area contributed by atoms with Gasteiger partial charge in [0.25, 0.3) is 0 Å². The van der Waals surface area contributed by atoms with Gasteiger partial charge in [0.05, 0.1) is 0 Å². The average molecular weight is 327 g/mol. The molecule has 1 aromatic rings. The summed E-state index contributed by atoms with van der Waals surface area (Å²) in [4.78, 5) is 21.9. The Morgan fingerprint density at radius 3 is 2.22 bits per heavy atom. The van der Waals surface area contributed by atoms with Crippen LogP contribution in [0, 0.1) is 0 Å². The van der Waals surface area contributed by atoms with Gasteiger partial charge < -0.3 is 35.2 Å². The zero-order valence-electron chi connectivity index (χ0n) is 12.1. The Labute approximate surface area is 131 Å². The van der Waals surface area contributed by atoms with E-state index in [1.54, 1.807) is 0 Å². The van der Waals surface area contributed by atoms with Crippen molar-refractivity contribution in [1.82, 2.24) is 0 Å². The van der Waals surface area contributed by atoms with Crippen molar-refractivity contribution in [2.24, 2.45) is 0 Å². The van der Waals surface area contributed by atoms with Crippen molar-refractivity contribution in [3.63, 3.8) is 0 Å². The summed E-state index contributed by atoms with van der Waals surface area (Å²) in [5.41, 5.74) is 0.522. The summed E-state index contributed by atoms with van der Waals surface area (Å²) >= 11 is 0. The SMILES string of the molecule is CC(=O)Nc1ccc(O[C@@H]2OC(C(=O)O)[C@@H](O)[C@H](O)C2O)cc1. The van der Waals surface area contributed by atoms with Crippen LogP contribution < -0.4 is 10.1 Å². The molecule has 1 heterocycles. The highest BCUT2D eigenvalue weighted by Crippen LogP contribution is 2.25. The molecular weight excluding hydrogens is 310 g/mol. The molecule has 1 amide bonds. The van der Waals surface area contributed by atoms with Gasteiger partial charge in [-0.15, -0.1) is 0 Å². The van der Waals surface area contributed by atoms with Crippen LogP contribution >= 0.6 is 0 Å². The van der Waals surface area contributed by atoms with Gasteiger partial charge >= 0.3 is 5.97 Å². The molecule has 5 N–H and O–H groups in total. The van der Waals surface area contributed by atoms with E-state index in [2.05, 4.69) is 5.32 Å². The third-order valence-corrected chi connectivity index (χ3v) is 3.24. The summed E-state index contributed by atoms with van der Waals surface area (Å²) in [6.07, 6.45) is -8.33. The fourth-order valence-electron chi connectivity index (χ4n) is 2.10. The van der Waals surface area contributed by atoms with E-state index in [9.17, 15) is 24.9 Å². The minimum absolute atomic E-state index is 0.218. The number of hydrogen-bond acceptors (Lipinski definition) is 7. The Bertz CT molecular complexity index is 575. The molecule has 0 spiro atoms. The Morgan fingerprint density at radius 1 is 1.09 bits per heavy atom. The van der Waals surface area contributed by atoms with Gasteiger partial charge in [0.2, 0.25) is 12.2 Å². The molecule has 1 aliphatic heterocycles. The largest absolute Gasteiger partial charge is 0.479 e. The van der Waals surface area contributed by atoms with E-state index in [1.165, 1.54) is 31.2 Å². The Balaban J connectivity index is 2.08. The lowest BCUT2D eigenvalue weighted by Crippen LogP contribution is -2.61. The second kappa shape index (κ2) is 6.92. The van der Waals surface area contributed by atoms with Gasteiger partial charge in [0.1, 0.15) is 24.1 Å². The molecular formula is C14H17NO8. The van der Waals surface area contributed by atoms with Crippen LogP contribution in [0.5, 0.6) is 5.75 Å². The lowest BCUT2D eigenvalue weighted by atomic mass is 9.99. The maximum atomic E-state index is 11.0. The summed E-state index contributed by atoms with van der Waals surface area (Å²) in [6.45, 7) is 1.36. The van der Waals surface area contributed by atoms with Crippen molar-refractivity contribution >= 4 is 17.6 Å². The molecule has 9 nitrogen and oxygen atoms in total. The molecule has 0 saturated carbocycles. The number of rotatable bonds is 4. The molecule has 0 radical (unpaired) electrons. The number of aliphatic hydroxyl groups is 3. The van der Waals surface area contributed by atoms with E-state index in [4.69, 9.17) is 14.6 Å². The quantitative estimate of drug-likeness (QED) is 0.469. The molecule has 5 atom stereocenters.